The molecule has 0 saturated heterocycles. The lowest BCUT2D eigenvalue weighted by molar-refractivity contribution is -0.113. The Kier molecular flexibility index (Phi) is 7.26. The summed E-state index contributed by atoms with van der Waals surface area (Å²) in [4.78, 5) is 12.5. The van der Waals surface area contributed by atoms with Crippen LogP contribution in [0.2, 0.25) is 5.02 Å². The van der Waals surface area contributed by atoms with E-state index in [1.165, 1.54) is 30.0 Å². The number of benzene rings is 3. The van der Waals surface area contributed by atoms with Crippen LogP contribution in [0.15, 0.2) is 78.0 Å². The topological polar surface area (TPSA) is 69.0 Å². The molecule has 1 heterocycles. The number of hydrogen-bond donors (Lipinski definition) is 1. The summed E-state index contributed by atoms with van der Waals surface area (Å²) >= 11 is 7.03. The molecule has 3 aromatic carbocycles. The van der Waals surface area contributed by atoms with E-state index in [9.17, 15) is 9.18 Å². The molecule has 0 fully saturated rings. The molecule has 0 unspecified atom stereocenters. The van der Waals surface area contributed by atoms with Crippen molar-refractivity contribution in [1.82, 2.24) is 14.8 Å². The summed E-state index contributed by atoms with van der Waals surface area (Å²) in [6, 6.07) is 21.3. The number of aromatic nitrogens is 3. The zero-order valence-electron chi connectivity index (χ0n) is 17.7. The largest absolute Gasteiger partial charge is 0.494 e. The third-order valence-electron chi connectivity index (χ3n) is 4.61. The molecule has 1 N–H and O–H groups in total. The average molecular weight is 483 g/mol. The number of carbonyl (C=O) groups is 1. The number of nitrogens with zero attached hydrogens (tertiary/aromatic N) is 3. The maximum Gasteiger partial charge on any atom is 0.234 e. The molecule has 0 spiro atoms. The fourth-order valence-corrected chi connectivity index (χ4v) is 4.06. The first-order valence-corrected chi connectivity index (χ1v) is 11.5. The van der Waals surface area contributed by atoms with Crippen molar-refractivity contribution in [1.29, 1.82) is 0 Å². The Bertz CT molecular complexity index is 1250. The van der Waals surface area contributed by atoms with Crippen LogP contribution >= 0.6 is 23.4 Å². The lowest BCUT2D eigenvalue weighted by Gasteiger charge is -2.12. The predicted molar refractivity (Wildman–Crippen MR) is 129 cm³/mol. The highest BCUT2D eigenvalue weighted by molar-refractivity contribution is 7.99. The SMILES string of the molecule is CCOc1ccc(-n2c(SCC(=O)Nc3ccc(F)c(Cl)c3)nnc2-c2ccccc2)cc1. The molecule has 4 aromatic rings. The van der Waals surface area contributed by atoms with E-state index in [0.29, 0.717) is 23.3 Å². The number of anilines is 1. The zero-order valence-corrected chi connectivity index (χ0v) is 19.2. The van der Waals surface area contributed by atoms with Crippen molar-refractivity contribution in [3.63, 3.8) is 0 Å². The number of thioether (sulfide) groups is 1. The minimum atomic E-state index is -0.541. The van der Waals surface area contributed by atoms with Gasteiger partial charge in [0.05, 0.1) is 17.4 Å². The summed E-state index contributed by atoms with van der Waals surface area (Å²) < 4.78 is 20.8. The molecule has 0 aliphatic rings. The third kappa shape index (κ3) is 5.53. The van der Waals surface area contributed by atoms with Gasteiger partial charge in [-0.25, -0.2) is 4.39 Å². The second-order valence-corrected chi connectivity index (χ2v) is 8.25. The number of carbonyl (C=O) groups excluding carboxylic acids is 1. The van der Waals surface area contributed by atoms with Crippen LogP contribution in [0, 0.1) is 5.82 Å². The third-order valence-corrected chi connectivity index (χ3v) is 5.83. The normalized spacial score (nSPS) is 10.8. The summed E-state index contributed by atoms with van der Waals surface area (Å²) in [7, 11) is 0. The molecule has 0 aliphatic heterocycles. The number of amides is 1. The van der Waals surface area contributed by atoms with Crippen LogP contribution < -0.4 is 10.1 Å². The van der Waals surface area contributed by atoms with E-state index >= 15 is 0 Å². The van der Waals surface area contributed by atoms with Gasteiger partial charge in [-0.3, -0.25) is 9.36 Å². The van der Waals surface area contributed by atoms with Crippen LogP contribution in [0.5, 0.6) is 5.75 Å². The standard InChI is InChI=1S/C24H20ClFN4O2S/c1-2-32-19-11-9-18(10-12-19)30-23(16-6-4-3-5-7-16)28-29-24(30)33-15-22(31)27-17-8-13-21(26)20(25)14-17/h3-14H,2,15H2,1H3,(H,27,31). The molecule has 1 aromatic heterocycles. The first-order chi connectivity index (χ1) is 16.0. The molecule has 6 nitrogen and oxygen atoms in total. The summed E-state index contributed by atoms with van der Waals surface area (Å²) in [5.74, 6) is 0.695. The van der Waals surface area contributed by atoms with Gasteiger partial charge in [-0.05, 0) is 49.4 Å². The van der Waals surface area contributed by atoms with Crippen molar-refractivity contribution in [2.45, 2.75) is 12.1 Å². The Balaban J connectivity index is 1.57. The maximum absolute atomic E-state index is 13.3. The van der Waals surface area contributed by atoms with Gasteiger partial charge >= 0.3 is 0 Å². The Morgan fingerprint density at radius 1 is 1.09 bits per heavy atom. The zero-order chi connectivity index (χ0) is 23.2. The van der Waals surface area contributed by atoms with Crippen molar-refractivity contribution >= 4 is 35.0 Å². The number of nitrogens with one attached hydrogen (secondary N) is 1. The number of hydrogen-bond acceptors (Lipinski definition) is 5. The molecular formula is C24H20ClFN4O2S. The maximum atomic E-state index is 13.3. The highest BCUT2D eigenvalue weighted by Crippen LogP contribution is 2.29. The van der Waals surface area contributed by atoms with E-state index in [4.69, 9.17) is 16.3 Å². The van der Waals surface area contributed by atoms with Gasteiger partial charge in [0.15, 0.2) is 11.0 Å². The molecular weight excluding hydrogens is 463 g/mol. The molecule has 4 rings (SSSR count). The number of ether oxygens (including phenoxy) is 1. The Morgan fingerprint density at radius 2 is 1.85 bits per heavy atom. The molecule has 0 atom stereocenters. The predicted octanol–water partition coefficient (Wildman–Crippen LogP) is 5.86. The molecule has 1 amide bonds. The quantitative estimate of drug-likeness (QED) is 0.319. The Morgan fingerprint density at radius 3 is 2.55 bits per heavy atom. The van der Waals surface area contributed by atoms with Crippen LogP contribution in [0.3, 0.4) is 0 Å². The first-order valence-electron chi connectivity index (χ1n) is 10.2. The van der Waals surface area contributed by atoms with Gasteiger partial charge in [0.25, 0.3) is 0 Å². The van der Waals surface area contributed by atoms with E-state index < -0.39 is 5.82 Å². The van der Waals surface area contributed by atoms with Crippen molar-refractivity contribution in [3.8, 4) is 22.8 Å². The lowest BCUT2D eigenvalue weighted by Crippen LogP contribution is -2.14. The fraction of sp³-hybridized carbons (Fsp3) is 0.125. The Hall–Kier alpha value is -3.36. The average Bonchev–Trinajstić information content (AvgIpc) is 3.25. The highest BCUT2D eigenvalue weighted by atomic mass is 35.5. The van der Waals surface area contributed by atoms with Crippen molar-refractivity contribution in [2.24, 2.45) is 0 Å². The van der Waals surface area contributed by atoms with E-state index in [2.05, 4.69) is 15.5 Å². The summed E-state index contributed by atoms with van der Waals surface area (Å²) in [6.07, 6.45) is 0. The van der Waals surface area contributed by atoms with Gasteiger partial charge in [0.2, 0.25) is 5.91 Å². The second kappa shape index (κ2) is 10.5. The summed E-state index contributed by atoms with van der Waals surface area (Å²) in [5.41, 5.74) is 2.16. The summed E-state index contributed by atoms with van der Waals surface area (Å²) in [5, 5.41) is 11.9. The molecule has 0 aliphatic carbocycles. The van der Waals surface area contributed by atoms with Crippen LogP contribution in [0.4, 0.5) is 10.1 Å². The van der Waals surface area contributed by atoms with E-state index in [-0.39, 0.29) is 16.7 Å². The van der Waals surface area contributed by atoms with Gasteiger partial charge < -0.3 is 10.1 Å². The monoisotopic (exact) mass is 482 g/mol. The lowest BCUT2D eigenvalue weighted by atomic mass is 10.2. The van der Waals surface area contributed by atoms with Crippen molar-refractivity contribution in [2.75, 3.05) is 17.7 Å². The van der Waals surface area contributed by atoms with Crippen LogP contribution in [0.25, 0.3) is 17.1 Å². The molecule has 33 heavy (non-hydrogen) atoms. The first kappa shape index (κ1) is 22.8. The minimum Gasteiger partial charge on any atom is -0.494 e. The van der Waals surface area contributed by atoms with E-state index in [1.807, 2.05) is 66.1 Å². The molecule has 0 bridgehead atoms. The molecule has 0 radical (unpaired) electrons. The number of halogens is 2. The van der Waals surface area contributed by atoms with E-state index in [0.717, 1.165) is 17.0 Å². The summed E-state index contributed by atoms with van der Waals surface area (Å²) in [6.45, 7) is 2.51. The van der Waals surface area contributed by atoms with Gasteiger partial charge in [-0.1, -0.05) is 53.7 Å². The molecule has 9 heteroatoms. The van der Waals surface area contributed by atoms with Crippen molar-refractivity contribution < 1.29 is 13.9 Å². The number of rotatable bonds is 8. The minimum absolute atomic E-state index is 0.0526. The van der Waals surface area contributed by atoms with Gasteiger partial charge in [-0.2, -0.15) is 0 Å². The van der Waals surface area contributed by atoms with Gasteiger partial charge in [0.1, 0.15) is 11.6 Å². The van der Waals surface area contributed by atoms with Crippen LogP contribution in [0.1, 0.15) is 6.92 Å². The second-order valence-electron chi connectivity index (χ2n) is 6.90. The van der Waals surface area contributed by atoms with Gasteiger partial charge in [0, 0.05) is 16.9 Å². The van der Waals surface area contributed by atoms with E-state index in [1.54, 1.807) is 0 Å². The van der Waals surface area contributed by atoms with Crippen LogP contribution in [-0.4, -0.2) is 33.0 Å². The smallest absolute Gasteiger partial charge is 0.234 e. The Labute approximate surface area is 199 Å². The van der Waals surface area contributed by atoms with Crippen molar-refractivity contribution in [3.05, 3.63) is 83.6 Å². The molecule has 0 saturated carbocycles. The van der Waals surface area contributed by atoms with Gasteiger partial charge in [-0.15, -0.1) is 10.2 Å². The highest BCUT2D eigenvalue weighted by Gasteiger charge is 2.17. The molecule has 168 valence electrons. The fourth-order valence-electron chi connectivity index (χ4n) is 3.13. The van der Waals surface area contributed by atoms with Crippen LogP contribution in [-0.2, 0) is 4.79 Å².